The normalized spacial score (nSPS) is 18.5. The lowest BCUT2D eigenvalue weighted by Gasteiger charge is -2.11. The van der Waals surface area contributed by atoms with Crippen LogP contribution >= 0.6 is 0 Å². The molecule has 1 aliphatic heterocycles. The average molecular weight is 267 g/mol. The Labute approximate surface area is 112 Å². The Morgan fingerprint density at radius 2 is 2.26 bits per heavy atom. The zero-order chi connectivity index (χ0) is 13.7. The summed E-state index contributed by atoms with van der Waals surface area (Å²) in [6.45, 7) is 5.63. The van der Waals surface area contributed by atoms with E-state index in [1.54, 1.807) is 0 Å². The summed E-state index contributed by atoms with van der Waals surface area (Å²) in [6.07, 6.45) is 2.96. The van der Waals surface area contributed by atoms with Gasteiger partial charge in [0.25, 0.3) is 0 Å². The molecule has 1 saturated heterocycles. The molecule has 2 N–H and O–H groups in total. The van der Waals surface area contributed by atoms with Crippen molar-refractivity contribution in [2.75, 3.05) is 19.7 Å². The summed E-state index contributed by atoms with van der Waals surface area (Å²) in [4.78, 5) is 15.8. The van der Waals surface area contributed by atoms with Crippen LogP contribution in [0.1, 0.15) is 30.2 Å². The van der Waals surface area contributed by atoms with Gasteiger partial charge in [0.05, 0.1) is 11.8 Å². The number of rotatable bonds is 5. The fourth-order valence-electron chi connectivity index (χ4n) is 2.17. The van der Waals surface area contributed by atoms with Gasteiger partial charge in [-0.2, -0.15) is 0 Å². The summed E-state index contributed by atoms with van der Waals surface area (Å²) in [5, 5.41) is 5.62. The first-order chi connectivity index (χ1) is 9.15. The second kappa shape index (κ2) is 6.56. The van der Waals surface area contributed by atoms with Crippen molar-refractivity contribution in [2.24, 2.45) is 0 Å². The molecule has 6 heteroatoms. The van der Waals surface area contributed by atoms with E-state index in [1.165, 1.54) is 0 Å². The molecule has 106 valence electrons. The Kier molecular flexibility index (Phi) is 4.79. The van der Waals surface area contributed by atoms with Crippen LogP contribution in [0.15, 0.2) is 4.42 Å². The minimum atomic E-state index is -0.159. The lowest BCUT2D eigenvalue weighted by molar-refractivity contribution is 0.111. The van der Waals surface area contributed by atoms with E-state index in [9.17, 15) is 4.79 Å². The Hall–Kier alpha value is -1.56. The zero-order valence-corrected chi connectivity index (χ0v) is 11.5. The van der Waals surface area contributed by atoms with Crippen LogP contribution in [-0.2, 0) is 11.2 Å². The standard InChI is InChI=1S/C13H21N3O3/c1-9-12(16-10(2)19-9)5-6-14-13(17)15-8-11-4-3-7-18-11/h11H,3-8H2,1-2H3,(H2,14,15,17). The van der Waals surface area contributed by atoms with Crippen LogP contribution in [0.5, 0.6) is 0 Å². The van der Waals surface area contributed by atoms with Gasteiger partial charge in [0.15, 0.2) is 5.89 Å². The lowest BCUT2D eigenvalue weighted by Crippen LogP contribution is -2.40. The van der Waals surface area contributed by atoms with Gasteiger partial charge in [-0.1, -0.05) is 0 Å². The van der Waals surface area contributed by atoms with Crippen molar-refractivity contribution in [3.8, 4) is 0 Å². The third-order valence-electron chi connectivity index (χ3n) is 3.16. The molecule has 0 bridgehead atoms. The fraction of sp³-hybridized carbons (Fsp3) is 0.692. The number of amides is 2. The third-order valence-corrected chi connectivity index (χ3v) is 3.16. The molecule has 2 rings (SSSR count). The summed E-state index contributed by atoms with van der Waals surface area (Å²) in [7, 11) is 0. The van der Waals surface area contributed by atoms with Crippen molar-refractivity contribution < 1.29 is 13.9 Å². The molecule has 6 nitrogen and oxygen atoms in total. The van der Waals surface area contributed by atoms with Gasteiger partial charge >= 0.3 is 6.03 Å². The van der Waals surface area contributed by atoms with E-state index in [1.807, 2.05) is 13.8 Å². The maximum Gasteiger partial charge on any atom is 0.314 e. The molecule has 0 aliphatic carbocycles. The van der Waals surface area contributed by atoms with Crippen LogP contribution < -0.4 is 10.6 Å². The van der Waals surface area contributed by atoms with Gasteiger partial charge in [0, 0.05) is 33.0 Å². The van der Waals surface area contributed by atoms with Gasteiger partial charge in [0.1, 0.15) is 5.76 Å². The zero-order valence-electron chi connectivity index (χ0n) is 11.5. The molecule has 1 aliphatic rings. The molecule has 2 amide bonds. The first-order valence-corrected chi connectivity index (χ1v) is 6.71. The summed E-state index contributed by atoms with van der Waals surface area (Å²) < 4.78 is 10.8. The van der Waals surface area contributed by atoms with Crippen molar-refractivity contribution in [1.29, 1.82) is 0 Å². The number of carbonyl (C=O) groups excluding carboxylic acids is 1. The first-order valence-electron chi connectivity index (χ1n) is 6.71. The van der Waals surface area contributed by atoms with Crippen LogP contribution in [0.2, 0.25) is 0 Å². The number of oxazole rings is 1. The van der Waals surface area contributed by atoms with E-state index in [0.717, 1.165) is 30.9 Å². The molecule has 1 unspecified atom stereocenters. The highest BCUT2D eigenvalue weighted by Crippen LogP contribution is 2.10. The molecule has 1 atom stereocenters. The molecule has 1 fully saturated rings. The Morgan fingerprint density at radius 1 is 1.42 bits per heavy atom. The molecule has 0 aromatic carbocycles. The van der Waals surface area contributed by atoms with Crippen molar-refractivity contribution in [3.63, 3.8) is 0 Å². The summed E-state index contributed by atoms with van der Waals surface area (Å²) in [6, 6.07) is -0.159. The Balaban J connectivity index is 1.62. The highest BCUT2D eigenvalue weighted by molar-refractivity contribution is 5.73. The SMILES string of the molecule is Cc1nc(CCNC(=O)NCC2CCCO2)c(C)o1. The van der Waals surface area contributed by atoms with Crippen molar-refractivity contribution in [1.82, 2.24) is 15.6 Å². The molecular formula is C13H21N3O3. The maximum absolute atomic E-state index is 11.6. The number of hydrogen-bond acceptors (Lipinski definition) is 4. The van der Waals surface area contributed by atoms with Crippen LogP contribution in [0.3, 0.4) is 0 Å². The molecule has 0 saturated carbocycles. The smallest absolute Gasteiger partial charge is 0.314 e. The largest absolute Gasteiger partial charge is 0.446 e. The van der Waals surface area contributed by atoms with E-state index in [-0.39, 0.29) is 12.1 Å². The van der Waals surface area contributed by atoms with Gasteiger partial charge < -0.3 is 19.8 Å². The van der Waals surface area contributed by atoms with E-state index in [2.05, 4.69) is 15.6 Å². The molecule has 0 radical (unpaired) electrons. The van der Waals surface area contributed by atoms with Gasteiger partial charge in [-0.05, 0) is 19.8 Å². The quantitative estimate of drug-likeness (QED) is 0.843. The first kappa shape index (κ1) is 13.9. The maximum atomic E-state index is 11.6. The number of nitrogens with one attached hydrogen (secondary N) is 2. The second-order valence-corrected chi connectivity index (χ2v) is 4.76. The predicted octanol–water partition coefficient (Wildman–Crippen LogP) is 1.31. The number of hydrogen-bond donors (Lipinski definition) is 2. The Bertz CT molecular complexity index is 425. The van der Waals surface area contributed by atoms with Crippen molar-refractivity contribution in [3.05, 3.63) is 17.3 Å². The van der Waals surface area contributed by atoms with Gasteiger partial charge in [-0.15, -0.1) is 0 Å². The summed E-state index contributed by atoms with van der Waals surface area (Å²) in [5.74, 6) is 1.48. The number of carbonyl (C=O) groups is 1. The number of aromatic nitrogens is 1. The van der Waals surface area contributed by atoms with Crippen LogP contribution in [0.25, 0.3) is 0 Å². The van der Waals surface area contributed by atoms with Gasteiger partial charge in [-0.3, -0.25) is 0 Å². The van der Waals surface area contributed by atoms with E-state index in [0.29, 0.717) is 25.4 Å². The molecule has 1 aromatic heterocycles. The second-order valence-electron chi connectivity index (χ2n) is 4.76. The van der Waals surface area contributed by atoms with Crippen molar-refractivity contribution in [2.45, 2.75) is 39.2 Å². The van der Waals surface area contributed by atoms with Crippen LogP contribution in [-0.4, -0.2) is 36.8 Å². The third kappa shape index (κ3) is 4.24. The highest BCUT2D eigenvalue weighted by atomic mass is 16.5. The number of aryl methyl sites for hydroxylation is 2. The van der Waals surface area contributed by atoms with Crippen LogP contribution in [0.4, 0.5) is 4.79 Å². The van der Waals surface area contributed by atoms with Gasteiger partial charge in [-0.25, -0.2) is 9.78 Å². The summed E-state index contributed by atoms with van der Waals surface area (Å²) >= 11 is 0. The molecule has 2 heterocycles. The molecule has 19 heavy (non-hydrogen) atoms. The van der Waals surface area contributed by atoms with Gasteiger partial charge in [0.2, 0.25) is 0 Å². The molecule has 0 spiro atoms. The van der Waals surface area contributed by atoms with E-state index >= 15 is 0 Å². The van der Waals surface area contributed by atoms with E-state index < -0.39 is 0 Å². The minimum Gasteiger partial charge on any atom is -0.446 e. The monoisotopic (exact) mass is 267 g/mol. The number of ether oxygens (including phenoxy) is 1. The minimum absolute atomic E-state index is 0.159. The Morgan fingerprint density at radius 3 is 2.89 bits per heavy atom. The predicted molar refractivity (Wildman–Crippen MR) is 70.1 cm³/mol. The highest BCUT2D eigenvalue weighted by Gasteiger charge is 2.16. The number of nitrogens with zero attached hydrogens (tertiary/aromatic N) is 1. The summed E-state index contributed by atoms with van der Waals surface area (Å²) in [5.41, 5.74) is 0.900. The lowest BCUT2D eigenvalue weighted by atomic mass is 10.2. The average Bonchev–Trinajstić information content (AvgIpc) is 2.97. The van der Waals surface area contributed by atoms with Crippen molar-refractivity contribution >= 4 is 6.03 Å². The fourth-order valence-corrected chi connectivity index (χ4v) is 2.17. The molecule has 1 aromatic rings. The topological polar surface area (TPSA) is 76.4 Å². The van der Waals surface area contributed by atoms with Crippen LogP contribution in [0, 0.1) is 13.8 Å². The van der Waals surface area contributed by atoms with E-state index in [4.69, 9.17) is 9.15 Å². The number of urea groups is 1. The molecular weight excluding hydrogens is 246 g/mol.